The van der Waals surface area contributed by atoms with E-state index >= 15 is 0 Å². The maximum Gasteiger partial charge on any atom is 0.241 e. The first-order chi connectivity index (χ1) is 9.19. The maximum atomic E-state index is 12.0. The number of nitrogens with one attached hydrogen (secondary N) is 1. The van der Waals surface area contributed by atoms with Crippen molar-refractivity contribution >= 4 is 11.6 Å². The van der Waals surface area contributed by atoms with E-state index in [4.69, 9.17) is 10.5 Å². The number of carbonyl (C=O) groups is 1. The second-order valence-corrected chi connectivity index (χ2v) is 4.53. The van der Waals surface area contributed by atoms with Gasteiger partial charge < -0.3 is 15.8 Å². The van der Waals surface area contributed by atoms with Crippen LogP contribution in [0, 0.1) is 0 Å². The molecule has 0 fully saturated rings. The number of amides is 1. The summed E-state index contributed by atoms with van der Waals surface area (Å²) in [7, 11) is 0. The van der Waals surface area contributed by atoms with Gasteiger partial charge in [0.15, 0.2) is 0 Å². The van der Waals surface area contributed by atoms with Gasteiger partial charge in [-0.05, 0) is 19.4 Å². The Hall–Kier alpha value is -1.39. The molecule has 19 heavy (non-hydrogen) atoms. The Bertz CT molecular complexity index is 393. The van der Waals surface area contributed by atoms with Gasteiger partial charge >= 0.3 is 0 Å². The van der Waals surface area contributed by atoms with Crippen LogP contribution in [0.3, 0.4) is 0 Å². The average molecular weight is 264 g/mol. The second-order valence-electron chi connectivity index (χ2n) is 4.53. The Kier molecular flexibility index (Phi) is 7.15. The monoisotopic (exact) mass is 264 g/mol. The highest BCUT2D eigenvalue weighted by Gasteiger charge is 2.14. The van der Waals surface area contributed by atoms with Crippen LogP contribution >= 0.6 is 0 Å². The molecule has 0 aliphatic carbocycles. The lowest BCUT2D eigenvalue weighted by molar-refractivity contribution is -0.117. The number of nitrogens with two attached hydrogens (primary N) is 1. The molecule has 1 rings (SSSR count). The van der Waals surface area contributed by atoms with Crippen molar-refractivity contribution in [2.24, 2.45) is 5.73 Å². The minimum absolute atomic E-state index is 0.127. The first kappa shape index (κ1) is 15.7. The van der Waals surface area contributed by atoms with Gasteiger partial charge in [-0.25, -0.2) is 0 Å². The summed E-state index contributed by atoms with van der Waals surface area (Å²) in [6.07, 6.45) is 2.73. The van der Waals surface area contributed by atoms with Crippen LogP contribution in [0.25, 0.3) is 0 Å². The second kappa shape index (κ2) is 8.67. The van der Waals surface area contributed by atoms with Crippen LogP contribution in [0.2, 0.25) is 0 Å². The van der Waals surface area contributed by atoms with Crippen molar-refractivity contribution < 1.29 is 9.53 Å². The van der Waals surface area contributed by atoms with E-state index in [0.717, 1.165) is 30.5 Å². The largest absolute Gasteiger partial charge is 0.377 e. The summed E-state index contributed by atoms with van der Waals surface area (Å²) < 4.78 is 5.38. The predicted molar refractivity (Wildman–Crippen MR) is 77.9 cm³/mol. The summed E-state index contributed by atoms with van der Waals surface area (Å²) >= 11 is 0. The van der Waals surface area contributed by atoms with Crippen LogP contribution in [0.4, 0.5) is 5.69 Å². The number of benzene rings is 1. The molecule has 1 amide bonds. The number of ether oxygens (including phenoxy) is 1. The lowest BCUT2D eigenvalue weighted by Crippen LogP contribution is -2.35. The topological polar surface area (TPSA) is 64.4 Å². The molecule has 0 bridgehead atoms. The van der Waals surface area contributed by atoms with Gasteiger partial charge in [0.05, 0.1) is 12.6 Å². The molecule has 0 radical (unpaired) electrons. The summed E-state index contributed by atoms with van der Waals surface area (Å²) in [6, 6.07) is 7.20. The molecule has 0 heterocycles. The molecular formula is C15H24N2O2. The van der Waals surface area contributed by atoms with E-state index in [2.05, 4.69) is 12.2 Å². The van der Waals surface area contributed by atoms with E-state index in [9.17, 15) is 4.79 Å². The molecule has 0 unspecified atom stereocenters. The van der Waals surface area contributed by atoms with Crippen LogP contribution < -0.4 is 11.1 Å². The molecule has 1 aromatic rings. The molecule has 4 nitrogen and oxygen atoms in total. The van der Waals surface area contributed by atoms with Crippen LogP contribution in [-0.4, -0.2) is 18.6 Å². The zero-order chi connectivity index (χ0) is 14.1. The van der Waals surface area contributed by atoms with E-state index in [0.29, 0.717) is 13.2 Å². The molecule has 0 saturated carbocycles. The van der Waals surface area contributed by atoms with Gasteiger partial charge in [-0.15, -0.1) is 0 Å². The van der Waals surface area contributed by atoms with E-state index < -0.39 is 6.04 Å². The maximum absolute atomic E-state index is 12.0. The number of hydrogen-bond donors (Lipinski definition) is 2. The van der Waals surface area contributed by atoms with Gasteiger partial charge in [-0.2, -0.15) is 0 Å². The van der Waals surface area contributed by atoms with Gasteiger partial charge in [-0.1, -0.05) is 38.0 Å². The van der Waals surface area contributed by atoms with Crippen LogP contribution in [0.15, 0.2) is 24.3 Å². The summed E-state index contributed by atoms with van der Waals surface area (Å²) in [5.41, 5.74) is 7.62. The molecular weight excluding hydrogens is 240 g/mol. The van der Waals surface area contributed by atoms with Crippen LogP contribution in [-0.2, 0) is 16.1 Å². The number of para-hydroxylation sites is 1. The third kappa shape index (κ3) is 5.41. The first-order valence-electron chi connectivity index (χ1n) is 6.91. The smallest absolute Gasteiger partial charge is 0.241 e. The molecule has 106 valence electrons. The quantitative estimate of drug-likeness (QED) is 0.758. The number of rotatable bonds is 8. The molecule has 4 heteroatoms. The average Bonchev–Trinajstić information content (AvgIpc) is 2.43. The van der Waals surface area contributed by atoms with Gasteiger partial charge in [0.25, 0.3) is 0 Å². The van der Waals surface area contributed by atoms with Gasteiger partial charge in [-0.3, -0.25) is 4.79 Å². The van der Waals surface area contributed by atoms with Crippen molar-refractivity contribution in [3.8, 4) is 0 Å². The molecule has 0 aliphatic heterocycles. The fourth-order valence-electron chi connectivity index (χ4n) is 1.76. The molecule has 1 aromatic carbocycles. The van der Waals surface area contributed by atoms with Gasteiger partial charge in [0, 0.05) is 17.9 Å². The molecule has 0 saturated heterocycles. The van der Waals surface area contributed by atoms with Crippen molar-refractivity contribution in [2.45, 2.75) is 45.8 Å². The third-order valence-electron chi connectivity index (χ3n) is 2.94. The minimum atomic E-state index is -0.444. The van der Waals surface area contributed by atoms with Gasteiger partial charge in [0.2, 0.25) is 5.91 Å². The number of unbranched alkanes of at least 4 members (excludes halogenated alkanes) is 1. The fourth-order valence-corrected chi connectivity index (χ4v) is 1.76. The van der Waals surface area contributed by atoms with E-state index in [-0.39, 0.29) is 5.91 Å². The highest BCUT2D eigenvalue weighted by atomic mass is 16.5. The number of carbonyl (C=O) groups excluding carboxylic acids is 1. The first-order valence-corrected chi connectivity index (χ1v) is 6.91. The normalized spacial score (nSPS) is 12.2. The summed E-state index contributed by atoms with van der Waals surface area (Å²) in [6.45, 7) is 5.18. The molecule has 3 N–H and O–H groups in total. The van der Waals surface area contributed by atoms with Crippen molar-refractivity contribution in [2.75, 3.05) is 11.9 Å². The molecule has 0 spiro atoms. The Morgan fingerprint density at radius 2 is 2.11 bits per heavy atom. The van der Waals surface area contributed by atoms with Crippen molar-refractivity contribution in [3.05, 3.63) is 29.8 Å². The SMILES string of the molecule is CCCC[C@H](N)C(=O)Nc1ccccc1COCC. The lowest BCUT2D eigenvalue weighted by atomic mass is 10.1. The van der Waals surface area contributed by atoms with Crippen LogP contribution in [0.5, 0.6) is 0 Å². The van der Waals surface area contributed by atoms with Crippen molar-refractivity contribution in [3.63, 3.8) is 0 Å². The van der Waals surface area contributed by atoms with E-state index in [1.807, 2.05) is 31.2 Å². The fraction of sp³-hybridized carbons (Fsp3) is 0.533. The van der Waals surface area contributed by atoms with Crippen molar-refractivity contribution in [1.82, 2.24) is 0 Å². The minimum Gasteiger partial charge on any atom is -0.377 e. The van der Waals surface area contributed by atoms with E-state index in [1.54, 1.807) is 0 Å². The summed E-state index contributed by atoms with van der Waals surface area (Å²) in [5, 5.41) is 2.88. The van der Waals surface area contributed by atoms with Gasteiger partial charge in [0.1, 0.15) is 0 Å². The Labute approximate surface area is 115 Å². The molecule has 1 atom stereocenters. The summed E-state index contributed by atoms with van der Waals surface area (Å²) in [5.74, 6) is -0.127. The molecule has 0 aromatic heterocycles. The summed E-state index contributed by atoms with van der Waals surface area (Å²) in [4.78, 5) is 12.0. The Balaban J connectivity index is 2.62. The highest BCUT2D eigenvalue weighted by Crippen LogP contribution is 2.16. The highest BCUT2D eigenvalue weighted by molar-refractivity contribution is 5.95. The van der Waals surface area contributed by atoms with E-state index in [1.165, 1.54) is 0 Å². The Morgan fingerprint density at radius 1 is 1.37 bits per heavy atom. The zero-order valence-corrected chi connectivity index (χ0v) is 11.8. The van der Waals surface area contributed by atoms with Crippen LogP contribution in [0.1, 0.15) is 38.7 Å². The predicted octanol–water partition coefficient (Wildman–Crippen LogP) is 2.68. The zero-order valence-electron chi connectivity index (χ0n) is 11.8. The number of anilines is 1. The van der Waals surface area contributed by atoms with Crippen molar-refractivity contribution in [1.29, 1.82) is 0 Å². The number of hydrogen-bond acceptors (Lipinski definition) is 3. The lowest BCUT2D eigenvalue weighted by Gasteiger charge is -2.14. The standard InChI is InChI=1S/C15H24N2O2/c1-3-5-9-13(16)15(18)17-14-10-7-6-8-12(14)11-19-4-2/h6-8,10,13H,3-5,9,11,16H2,1-2H3,(H,17,18)/t13-/m0/s1. The molecule has 0 aliphatic rings. The third-order valence-corrected chi connectivity index (χ3v) is 2.94. The Morgan fingerprint density at radius 3 is 2.79 bits per heavy atom.